The highest BCUT2D eigenvalue weighted by atomic mass is 35.5. The summed E-state index contributed by atoms with van der Waals surface area (Å²) < 4.78 is 0. The smallest absolute Gasteiger partial charge is 0.129 e. The molecule has 2 rings (SSSR count). The van der Waals surface area contributed by atoms with Crippen LogP contribution in [0.2, 0.25) is 5.15 Å². The molecule has 0 radical (unpaired) electrons. The second kappa shape index (κ2) is 5.47. The van der Waals surface area contributed by atoms with E-state index in [9.17, 15) is 0 Å². The Hall–Kier alpha value is -0.600. The van der Waals surface area contributed by atoms with E-state index in [4.69, 9.17) is 17.3 Å². The zero-order valence-corrected chi connectivity index (χ0v) is 10.4. The van der Waals surface area contributed by atoms with Crippen LogP contribution in [0, 0.1) is 6.92 Å². The van der Waals surface area contributed by atoms with E-state index >= 15 is 0 Å². The lowest BCUT2D eigenvalue weighted by atomic mass is 10.1. The van der Waals surface area contributed by atoms with Crippen LogP contribution in [-0.2, 0) is 6.54 Å². The molecule has 1 heterocycles. The van der Waals surface area contributed by atoms with Crippen molar-refractivity contribution in [1.82, 2.24) is 4.98 Å². The van der Waals surface area contributed by atoms with Crippen molar-refractivity contribution in [3.05, 3.63) is 28.0 Å². The highest BCUT2D eigenvalue weighted by Crippen LogP contribution is 2.41. The van der Waals surface area contributed by atoms with Gasteiger partial charge in [0.1, 0.15) is 5.15 Å². The Balaban J connectivity index is 0.000000531. The highest BCUT2D eigenvalue weighted by Gasteiger charge is 2.27. The van der Waals surface area contributed by atoms with E-state index < -0.39 is 0 Å². The largest absolute Gasteiger partial charge is 0.326 e. The molecule has 84 valence electrons. The maximum Gasteiger partial charge on any atom is 0.129 e. The van der Waals surface area contributed by atoms with Crippen LogP contribution in [0.4, 0.5) is 0 Å². The number of pyridine rings is 1. The van der Waals surface area contributed by atoms with Gasteiger partial charge in [0.25, 0.3) is 0 Å². The summed E-state index contributed by atoms with van der Waals surface area (Å²) in [5, 5.41) is 0.577. The molecule has 0 saturated heterocycles. The maximum absolute atomic E-state index is 5.91. The van der Waals surface area contributed by atoms with E-state index in [1.165, 1.54) is 18.4 Å². The molecule has 0 bridgehead atoms. The molecule has 1 aliphatic rings. The Morgan fingerprint density at radius 1 is 1.47 bits per heavy atom. The first-order chi connectivity index (χ1) is 7.22. The van der Waals surface area contributed by atoms with Gasteiger partial charge in [0.2, 0.25) is 0 Å². The summed E-state index contributed by atoms with van der Waals surface area (Å²) in [6.45, 7) is 6.63. The fraction of sp³-hybridized carbons (Fsp3) is 0.583. The molecule has 1 aliphatic carbocycles. The number of hydrogen-bond acceptors (Lipinski definition) is 2. The lowest BCUT2D eigenvalue weighted by Crippen LogP contribution is -2.03. The molecule has 0 aliphatic heterocycles. The molecular formula is C12H19ClN2. The molecule has 1 aromatic rings. The van der Waals surface area contributed by atoms with Gasteiger partial charge >= 0.3 is 0 Å². The average molecular weight is 227 g/mol. The molecule has 0 aromatic carbocycles. The molecule has 15 heavy (non-hydrogen) atoms. The molecule has 0 atom stereocenters. The normalized spacial score (nSPS) is 14.5. The quantitative estimate of drug-likeness (QED) is 0.785. The minimum Gasteiger partial charge on any atom is -0.326 e. The number of nitrogens with two attached hydrogens (primary N) is 1. The van der Waals surface area contributed by atoms with Crippen LogP contribution in [0.25, 0.3) is 0 Å². The summed E-state index contributed by atoms with van der Waals surface area (Å²) in [6.07, 6.45) is 2.50. The average Bonchev–Trinajstić information content (AvgIpc) is 3.07. The lowest BCUT2D eigenvalue weighted by molar-refractivity contribution is 0.949. The highest BCUT2D eigenvalue weighted by molar-refractivity contribution is 6.29. The van der Waals surface area contributed by atoms with Gasteiger partial charge in [-0.3, -0.25) is 0 Å². The molecule has 0 amide bonds. The molecule has 3 heteroatoms. The van der Waals surface area contributed by atoms with Crippen molar-refractivity contribution < 1.29 is 0 Å². The van der Waals surface area contributed by atoms with Crippen molar-refractivity contribution in [3.63, 3.8) is 0 Å². The van der Waals surface area contributed by atoms with Gasteiger partial charge in [0.05, 0.1) is 0 Å². The van der Waals surface area contributed by atoms with Crippen molar-refractivity contribution >= 4 is 11.6 Å². The summed E-state index contributed by atoms with van der Waals surface area (Å²) >= 11 is 5.91. The van der Waals surface area contributed by atoms with Gasteiger partial charge in [0, 0.05) is 18.2 Å². The van der Waals surface area contributed by atoms with Crippen LogP contribution in [0.15, 0.2) is 6.07 Å². The summed E-state index contributed by atoms with van der Waals surface area (Å²) in [7, 11) is 0. The van der Waals surface area contributed by atoms with Gasteiger partial charge in [0.15, 0.2) is 0 Å². The summed E-state index contributed by atoms with van der Waals surface area (Å²) in [5.41, 5.74) is 9.14. The third-order valence-electron chi connectivity index (χ3n) is 2.57. The van der Waals surface area contributed by atoms with Crippen molar-refractivity contribution in [1.29, 1.82) is 0 Å². The van der Waals surface area contributed by atoms with Crippen LogP contribution >= 0.6 is 11.6 Å². The Kier molecular flexibility index (Phi) is 4.55. The second-order valence-corrected chi connectivity index (χ2v) is 3.98. The molecule has 2 nitrogen and oxygen atoms in total. The van der Waals surface area contributed by atoms with Gasteiger partial charge in [-0.05, 0) is 37.0 Å². The minimum absolute atomic E-state index is 0.549. The first-order valence-corrected chi connectivity index (χ1v) is 5.96. The fourth-order valence-electron chi connectivity index (χ4n) is 1.61. The molecule has 2 N–H and O–H groups in total. The summed E-state index contributed by atoms with van der Waals surface area (Å²) in [4.78, 5) is 4.35. The first-order valence-electron chi connectivity index (χ1n) is 5.58. The first kappa shape index (κ1) is 12.5. The number of halogens is 1. The molecule has 0 spiro atoms. The Bertz CT molecular complexity index is 333. The third-order valence-corrected chi connectivity index (χ3v) is 2.76. The number of nitrogens with zero attached hydrogens (tertiary/aromatic N) is 1. The predicted molar refractivity (Wildman–Crippen MR) is 65.2 cm³/mol. The van der Waals surface area contributed by atoms with Gasteiger partial charge in [-0.1, -0.05) is 25.4 Å². The lowest BCUT2D eigenvalue weighted by Gasteiger charge is -2.08. The van der Waals surface area contributed by atoms with Crippen molar-refractivity contribution in [2.75, 3.05) is 0 Å². The van der Waals surface area contributed by atoms with Crippen LogP contribution in [0.3, 0.4) is 0 Å². The monoisotopic (exact) mass is 226 g/mol. The van der Waals surface area contributed by atoms with E-state index in [2.05, 4.69) is 11.9 Å². The van der Waals surface area contributed by atoms with Gasteiger partial charge in [-0.2, -0.15) is 0 Å². The van der Waals surface area contributed by atoms with Crippen molar-refractivity contribution in [3.8, 4) is 0 Å². The molecule has 1 fully saturated rings. The Labute approximate surface area is 96.8 Å². The fourth-order valence-corrected chi connectivity index (χ4v) is 1.84. The van der Waals surface area contributed by atoms with E-state index in [1.54, 1.807) is 0 Å². The Morgan fingerprint density at radius 3 is 2.53 bits per heavy atom. The van der Waals surface area contributed by atoms with Crippen LogP contribution in [0.5, 0.6) is 0 Å². The number of aromatic nitrogens is 1. The predicted octanol–water partition coefficient (Wildman–Crippen LogP) is 3.41. The van der Waals surface area contributed by atoms with E-state index in [-0.39, 0.29) is 0 Å². The van der Waals surface area contributed by atoms with E-state index in [1.807, 2.05) is 19.9 Å². The number of rotatable bonds is 2. The topological polar surface area (TPSA) is 38.9 Å². The SMILES string of the molecule is CC.Cc1c(CN)cc(Cl)nc1C1CC1. The molecule has 0 unspecified atom stereocenters. The zero-order valence-electron chi connectivity index (χ0n) is 9.68. The standard InChI is InChI=1S/C10H13ClN2.C2H6/c1-6-8(5-12)4-9(11)13-10(6)7-2-3-7;1-2/h4,7H,2-3,5,12H2,1H3;1-2H3. The van der Waals surface area contributed by atoms with Crippen LogP contribution in [-0.4, -0.2) is 4.98 Å². The molecular weight excluding hydrogens is 208 g/mol. The van der Waals surface area contributed by atoms with E-state index in [0.717, 1.165) is 11.3 Å². The van der Waals surface area contributed by atoms with Gasteiger partial charge in [-0.15, -0.1) is 0 Å². The zero-order chi connectivity index (χ0) is 11.4. The molecule has 1 aromatic heterocycles. The molecule has 1 saturated carbocycles. The summed E-state index contributed by atoms with van der Waals surface area (Å²) in [6, 6.07) is 1.86. The number of hydrogen-bond donors (Lipinski definition) is 1. The third kappa shape index (κ3) is 2.93. The van der Waals surface area contributed by atoms with Crippen molar-refractivity contribution in [2.45, 2.75) is 46.1 Å². The maximum atomic E-state index is 5.91. The minimum atomic E-state index is 0.549. The van der Waals surface area contributed by atoms with Gasteiger partial charge < -0.3 is 5.73 Å². The second-order valence-electron chi connectivity index (χ2n) is 3.59. The van der Waals surface area contributed by atoms with Crippen molar-refractivity contribution in [2.24, 2.45) is 5.73 Å². The summed E-state index contributed by atoms with van der Waals surface area (Å²) in [5.74, 6) is 0.643. The van der Waals surface area contributed by atoms with E-state index in [0.29, 0.717) is 17.6 Å². The van der Waals surface area contributed by atoms with Crippen LogP contribution in [0.1, 0.15) is 49.4 Å². The van der Waals surface area contributed by atoms with Gasteiger partial charge in [-0.25, -0.2) is 4.98 Å². The van der Waals surface area contributed by atoms with Crippen LogP contribution < -0.4 is 5.73 Å². The Morgan fingerprint density at radius 2 is 2.07 bits per heavy atom.